The Morgan fingerprint density at radius 2 is 1.50 bits per heavy atom. The Hall–Kier alpha value is -3.89. The summed E-state index contributed by atoms with van der Waals surface area (Å²) in [6, 6.07) is 13.6. The fourth-order valence-electron chi connectivity index (χ4n) is 3.34. The van der Waals surface area contributed by atoms with Crippen LogP contribution in [0.15, 0.2) is 77.5 Å². The number of amides is 3. The number of nitrogens with one attached hydrogen (secondary N) is 2. The van der Waals surface area contributed by atoms with Crippen LogP contribution in [0.25, 0.3) is 0 Å². The van der Waals surface area contributed by atoms with Gasteiger partial charge >= 0.3 is 6.18 Å². The lowest BCUT2D eigenvalue weighted by atomic mass is 10.1. The molecule has 0 bridgehead atoms. The second-order valence-electron chi connectivity index (χ2n) is 7.43. The molecule has 12 heteroatoms. The number of benzene rings is 3. The molecule has 1 aliphatic rings. The second-order valence-corrected chi connectivity index (χ2v) is 8.22. The maximum absolute atomic E-state index is 14.1. The fourth-order valence-corrected chi connectivity index (χ4v) is 3.77. The van der Waals surface area contributed by atoms with Gasteiger partial charge in [-0.1, -0.05) is 35.3 Å². The van der Waals surface area contributed by atoms with Gasteiger partial charge in [-0.3, -0.25) is 14.4 Å². The van der Waals surface area contributed by atoms with Gasteiger partial charge in [-0.2, -0.15) is 13.2 Å². The van der Waals surface area contributed by atoms with E-state index in [1.807, 2.05) is 0 Å². The predicted molar refractivity (Wildman–Crippen MR) is 126 cm³/mol. The van der Waals surface area contributed by atoms with E-state index in [1.165, 1.54) is 48.5 Å². The zero-order valence-corrected chi connectivity index (χ0v) is 19.3. The molecule has 0 atom stereocenters. The van der Waals surface area contributed by atoms with Gasteiger partial charge < -0.3 is 10.6 Å². The molecule has 3 aromatic carbocycles. The summed E-state index contributed by atoms with van der Waals surface area (Å²) in [5.74, 6) is -3.28. The topological polar surface area (TPSA) is 78.5 Å². The van der Waals surface area contributed by atoms with Gasteiger partial charge in [0.2, 0.25) is 0 Å². The number of para-hydroxylation sites is 1. The van der Waals surface area contributed by atoms with Crippen LogP contribution in [0.5, 0.6) is 0 Å². The molecular weight excluding hydrogens is 525 g/mol. The minimum absolute atomic E-state index is 0.0888. The molecule has 36 heavy (non-hydrogen) atoms. The third-order valence-corrected chi connectivity index (χ3v) is 5.75. The average Bonchev–Trinajstić information content (AvgIpc) is 3.03. The normalized spacial score (nSPS) is 13.9. The highest BCUT2D eigenvalue weighted by Crippen LogP contribution is 2.36. The van der Waals surface area contributed by atoms with E-state index in [4.69, 9.17) is 23.2 Å². The number of imide groups is 1. The van der Waals surface area contributed by atoms with Crippen molar-refractivity contribution in [2.75, 3.05) is 15.5 Å². The van der Waals surface area contributed by atoms with Crippen molar-refractivity contribution in [3.05, 3.63) is 99.4 Å². The van der Waals surface area contributed by atoms with Gasteiger partial charge in [0, 0.05) is 16.9 Å². The number of alkyl halides is 3. The van der Waals surface area contributed by atoms with Crippen LogP contribution < -0.4 is 15.5 Å². The first-order valence-corrected chi connectivity index (χ1v) is 10.8. The van der Waals surface area contributed by atoms with Gasteiger partial charge in [0.15, 0.2) is 0 Å². The van der Waals surface area contributed by atoms with E-state index in [1.54, 1.807) is 0 Å². The molecule has 0 saturated carbocycles. The zero-order chi connectivity index (χ0) is 26.2. The third kappa shape index (κ3) is 4.91. The lowest BCUT2D eigenvalue weighted by Gasteiger charge is -2.15. The highest BCUT2D eigenvalue weighted by atomic mass is 35.5. The molecule has 0 aliphatic carbocycles. The maximum Gasteiger partial charge on any atom is 0.417 e. The number of nitrogens with zero attached hydrogens (tertiary/aromatic N) is 1. The van der Waals surface area contributed by atoms with Crippen LogP contribution in [-0.2, 0) is 15.8 Å². The summed E-state index contributed by atoms with van der Waals surface area (Å²) >= 11 is 11.6. The highest BCUT2D eigenvalue weighted by molar-refractivity contribution is 6.53. The van der Waals surface area contributed by atoms with E-state index in [2.05, 4.69) is 10.6 Å². The summed E-state index contributed by atoms with van der Waals surface area (Å²) in [7, 11) is 0. The molecule has 0 saturated heterocycles. The van der Waals surface area contributed by atoms with E-state index in [9.17, 15) is 31.9 Å². The Morgan fingerprint density at radius 3 is 2.14 bits per heavy atom. The van der Waals surface area contributed by atoms with Crippen molar-refractivity contribution < 1.29 is 31.9 Å². The summed E-state index contributed by atoms with van der Waals surface area (Å²) in [4.78, 5) is 38.3. The van der Waals surface area contributed by atoms with Crippen LogP contribution in [0.4, 0.5) is 34.6 Å². The van der Waals surface area contributed by atoms with Gasteiger partial charge in [-0.25, -0.2) is 9.29 Å². The largest absolute Gasteiger partial charge is 0.417 e. The zero-order valence-electron chi connectivity index (χ0n) is 17.8. The van der Waals surface area contributed by atoms with E-state index >= 15 is 0 Å². The summed E-state index contributed by atoms with van der Waals surface area (Å²) < 4.78 is 53.2. The number of hydrogen-bond acceptors (Lipinski definition) is 4. The fraction of sp³-hybridized carbons (Fsp3) is 0.0417. The Balaban J connectivity index is 1.49. The molecule has 3 amide bonds. The molecule has 2 N–H and O–H groups in total. The summed E-state index contributed by atoms with van der Waals surface area (Å²) in [5, 5.41) is 4.08. The second kappa shape index (κ2) is 9.63. The highest BCUT2D eigenvalue weighted by Gasteiger charge is 2.40. The molecular formula is C24H13Cl2F4N3O3. The Bertz CT molecular complexity index is 1420. The molecule has 184 valence electrons. The van der Waals surface area contributed by atoms with Gasteiger partial charge in [0.1, 0.15) is 16.5 Å². The van der Waals surface area contributed by atoms with Crippen LogP contribution in [0.1, 0.15) is 15.9 Å². The average molecular weight is 538 g/mol. The number of anilines is 3. The lowest BCUT2D eigenvalue weighted by Crippen LogP contribution is -2.33. The molecule has 6 nitrogen and oxygen atoms in total. The van der Waals surface area contributed by atoms with Crippen LogP contribution in [0.2, 0.25) is 5.02 Å². The monoisotopic (exact) mass is 537 g/mol. The van der Waals surface area contributed by atoms with E-state index in [0.29, 0.717) is 11.0 Å². The standard InChI is InChI=1S/C24H13Cl2F4N3O3/c25-16-10-9-14(11-15(16)24(28,29)30)32-21(34)12-5-7-13(8-6-12)31-20-19(26)22(35)33(23(20)36)18-4-2-1-3-17(18)27/h1-11,31H,(H,32,34). The molecule has 3 aromatic rings. The summed E-state index contributed by atoms with van der Waals surface area (Å²) in [5.41, 5.74) is -1.40. The van der Waals surface area contributed by atoms with Crippen molar-refractivity contribution in [1.29, 1.82) is 0 Å². The van der Waals surface area contributed by atoms with Crippen molar-refractivity contribution >= 4 is 58.0 Å². The number of halogens is 6. The number of hydrogen-bond donors (Lipinski definition) is 2. The lowest BCUT2D eigenvalue weighted by molar-refractivity contribution is -0.137. The first-order valence-electron chi connectivity index (χ1n) is 10.1. The molecule has 0 spiro atoms. The first kappa shape index (κ1) is 25.2. The van der Waals surface area contributed by atoms with Crippen molar-refractivity contribution in [1.82, 2.24) is 0 Å². The van der Waals surface area contributed by atoms with E-state index < -0.39 is 45.3 Å². The smallest absolute Gasteiger partial charge is 0.350 e. The van der Waals surface area contributed by atoms with Crippen LogP contribution in [-0.4, -0.2) is 17.7 Å². The molecule has 0 unspecified atom stereocenters. The molecule has 0 radical (unpaired) electrons. The van der Waals surface area contributed by atoms with Crippen LogP contribution >= 0.6 is 23.2 Å². The Kier molecular flexibility index (Phi) is 6.75. The van der Waals surface area contributed by atoms with Gasteiger partial charge in [-0.15, -0.1) is 0 Å². The van der Waals surface area contributed by atoms with Crippen molar-refractivity contribution in [2.45, 2.75) is 6.18 Å². The van der Waals surface area contributed by atoms with E-state index in [0.717, 1.165) is 12.1 Å². The number of carbonyl (C=O) groups excluding carboxylic acids is 3. The van der Waals surface area contributed by atoms with Gasteiger partial charge in [-0.05, 0) is 54.6 Å². The molecule has 1 heterocycles. The maximum atomic E-state index is 14.1. The minimum atomic E-state index is -4.69. The Morgan fingerprint density at radius 1 is 0.861 bits per heavy atom. The SMILES string of the molecule is O=C(Nc1ccc(Cl)c(C(F)(F)F)c1)c1ccc(NC2=C(Cl)C(=O)N(c3ccccc3F)C2=O)cc1. The van der Waals surface area contributed by atoms with Crippen LogP contribution in [0, 0.1) is 5.82 Å². The first-order chi connectivity index (χ1) is 17.0. The molecule has 1 aliphatic heterocycles. The minimum Gasteiger partial charge on any atom is -0.350 e. The quantitative estimate of drug-likeness (QED) is 0.300. The summed E-state index contributed by atoms with van der Waals surface area (Å²) in [6.07, 6.45) is -4.69. The predicted octanol–water partition coefficient (Wildman–Crippen LogP) is 6.19. The third-order valence-electron chi connectivity index (χ3n) is 5.07. The Labute approximate surface area is 211 Å². The van der Waals surface area contributed by atoms with Gasteiger partial charge in [0.25, 0.3) is 17.7 Å². The number of carbonyl (C=O) groups is 3. The van der Waals surface area contributed by atoms with Gasteiger partial charge in [0.05, 0.1) is 16.3 Å². The molecule has 0 aromatic heterocycles. The van der Waals surface area contributed by atoms with Crippen molar-refractivity contribution in [3.8, 4) is 0 Å². The molecule has 4 rings (SSSR count). The molecule has 0 fully saturated rings. The van der Waals surface area contributed by atoms with Crippen molar-refractivity contribution in [3.63, 3.8) is 0 Å². The summed E-state index contributed by atoms with van der Waals surface area (Å²) in [6.45, 7) is 0. The van der Waals surface area contributed by atoms with Crippen molar-refractivity contribution in [2.24, 2.45) is 0 Å². The number of rotatable bonds is 5. The van der Waals surface area contributed by atoms with Crippen LogP contribution in [0.3, 0.4) is 0 Å². The van der Waals surface area contributed by atoms with E-state index in [-0.39, 0.29) is 28.3 Å².